The smallest absolute Gasteiger partial charge is 0.224 e. The molecule has 2 aromatic heterocycles. The maximum absolute atomic E-state index is 5.71. The lowest BCUT2D eigenvalue weighted by Gasteiger charge is -2.07. The van der Waals surface area contributed by atoms with Crippen molar-refractivity contribution in [2.75, 3.05) is 11.5 Å². The molecule has 17 heavy (non-hydrogen) atoms. The molecule has 0 unspecified atom stereocenters. The monoisotopic (exact) mass is 234 g/mol. The standard InChI is InChI=1S/C10H14N6O/c1-5(2)17-4-6-3-13-9-7(14-6)8(11)15-10(12)16-9/h3,5H,4H2,1-2H3,(H4,11,12,13,15,16). The van der Waals surface area contributed by atoms with Gasteiger partial charge < -0.3 is 16.2 Å². The van der Waals surface area contributed by atoms with Crippen LogP contribution in [0, 0.1) is 0 Å². The lowest BCUT2D eigenvalue weighted by Crippen LogP contribution is -2.07. The summed E-state index contributed by atoms with van der Waals surface area (Å²) in [4.78, 5) is 16.2. The van der Waals surface area contributed by atoms with E-state index in [1.165, 1.54) is 0 Å². The van der Waals surface area contributed by atoms with Crippen LogP contribution >= 0.6 is 0 Å². The Bertz CT molecular complexity index is 542. The molecule has 2 aromatic rings. The van der Waals surface area contributed by atoms with E-state index >= 15 is 0 Å². The van der Waals surface area contributed by atoms with Crippen molar-refractivity contribution in [2.24, 2.45) is 0 Å². The van der Waals surface area contributed by atoms with Crippen molar-refractivity contribution in [1.82, 2.24) is 19.9 Å². The molecule has 0 radical (unpaired) electrons. The molecule has 0 aliphatic rings. The Morgan fingerprint density at radius 2 is 2.00 bits per heavy atom. The molecule has 0 fully saturated rings. The summed E-state index contributed by atoms with van der Waals surface area (Å²) >= 11 is 0. The summed E-state index contributed by atoms with van der Waals surface area (Å²) in [5.41, 5.74) is 12.7. The highest BCUT2D eigenvalue weighted by Crippen LogP contribution is 2.14. The molecule has 0 saturated heterocycles. The van der Waals surface area contributed by atoms with Gasteiger partial charge in [0.2, 0.25) is 5.95 Å². The van der Waals surface area contributed by atoms with Crippen LogP contribution in [0.5, 0.6) is 0 Å². The van der Waals surface area contributed by atoms with Crippen LogP contribution in [-0.4, -0.2) is 26.0 Å². The molecule has 0 aromatic carbocycles. The van der Waals surface area contributed by atoms with Crippen LogP contribution in [0.4, 0.5) is 11.8 Å². The summed E-state index contributed by atoms with van der Waals surface area (Å²) in [5, 5.41) is 0. The van der Waals surface area contributed by atoms with Gasteiger partial charge in [0.15, 0.2) is 17.0 Å². The molecule has 0 atom stereocenters. The van der Waals surface area contributed by atoms with Crippen molar-refractivity contribution in [3.05, 3.63) is 11.9 Å². The van der Waals surface area contributed by atoms with E-state index in [2.05, 4.69) is 19.9 Å². The first-order valence-corrected chi connectivity index (χ1v) is 5.22. The number of nitrogen functional groups attached to an aromatic ring is 2. The molecule has 0 spiro atoms. The first kappa shape index (κ1) is 11.5. The second-order valence-electron chi connectivity index (χ2n) is 3.86. The van der Waals surface area contributed by atoms with Gasteiger partial charge in [0.25, 0.3) is 0 Å². The summed E-state index contributed by atoms with van der Waals surface area (Å²) in [6, 6.07) is 0. The van der Waals surface area contributed by atoms with E-state index in [9.17, 15) is 0 Å². The SMILES string of the molecule is CC(C)OCc1cnc2nc(N)nc(N)c2n1. The summed E-state index contributed by atoms with van der Waals surface area (Å²) < 4.78 is 5.43. The number of aromatic nitrogens is 4. The summed E-state index contributed by atoms with van der Waals surface area (Å²) in [6.07, 6.45) is 1.73. The van der Waals surface area contributed by atoms with Crippen molar-refractivity contribution < 1.29 is 4.74 Å². The van der Waals surface area contributed by atoms with Crippen LogP contribution in [0.1, 0.15) is 19.5 Å². The molecule has 0 amide bonds. The summed E-state index contributed by atoms with van der Waals surface area (Å²) in [5.74, 6) is 0.321. The summed E-state index contributed by atoms with van der Waals surface area (Å²) in [6.45, 7) is 4.28. The molecule has 0 bridgehead atoms. The molecule has 2 heterocycles. The molecule has 4 N–H and O–H groups in total. The molecule has 0 aliphatic heterocycles. The van der Waals surface area contributed by atoms with Crippen LogP contribution in [0.2, 0.25) is 0 Å². The Hall–Kier alpha value is -2.02. The Morgan fingerprint density at radius 1 is 1.24 bits per heavy atom. The Kier molecular flexibility index (Phi) is 3.01. The van der Waals surface area contributed by atoms with E-state index in [4.69, 9.17) is 16.2 Å². The molecule has 7 nitrogen and oxygen atoms in total. The molecule has 0 aliphatic carbocycles. The lowest BCUT2D eigenvalue weighted by atomic mass is 10.4. The van der Waals surface area contributed by atoms with Gasteiger partial charge in [0.1, 0.15) is 0 Å². The van der Waals surface area contributed by atoms with E-state index in [1.54, 1.807) is 6.20 Å². The number of hydrogen-bond donors (Lipinski definition) is 2. The summed E-state index contributed by atoms with van der Waals surface area (Å²) in [7, 11) is 0. The maximum Gasteiger partial charge on any atom is 0.224 e. The van der Waals surface area contributed by atoms with E-state index in [0.29, 0.717) is 23.5 Å². The van der Waals surface area contributed by atoms with Gasteiger partial charge in [-0.1, -0.05) is 0 Å². The van der Waals surface area contributed by atoms with Gasteiger partial charge in [0, 0.05) is 0 Å². The first-order chi connectivity index (χ1) is 8.06. The quantitative estimate of drug-likeness (QED) is 0.795. The Balaban J connectivity index is 2.36. The minimum absolute atomic E-state index is 0.0930. The minimum Gasteiger partial charge on any atom is -0.382 e. The second kappa shape index (κ2) is 4.46. The van der Waals surface area contributed by atoms with Crippen LogP contribution in [-0.2, 0) is 11.3 Å². The normalized spacial score (nSPS) is 11.2. The predicted molar refractivity (Wildman–Crippen MR) is 63.9 cm³/mol. The fourth-order valence-corrected chi connectivity index (χ4v) is 1.30. The minimum atomic E-state index is 0.0930. The van der Waals surface area contributed by atoms with Gasteiger partial charge in [-0.15, -0.1) is 0 Å². The zero-order valence-electron chi connectivity index (χ0n) is 9.71. The number of fused-ring (bicyclic) bond motifs is 1. The van der Waals surface area contributed by atoms with Crippen LogP contribution in [0.15, 0.2) is 6.20 Å². The topological polar surface area (TPSA) is 113 Å². The highest BCUT2D eigenvalue weighted by molar-refractivity contribution is 5.81. The average molecular weight is 234 g/mol. The third-order valence-corrected chi connectivity index (χ3v) is 2.07. The van der Waals surface area contributed by atoms with Gasteiger partial charge in [0.05, 0.1) is 24.6 Å². The Labute approximate surface area is 98.2 Å². The van der Waals surface area contributed by atoms with Crippen LogP contribution < -0.4 is 11.5 Å². The van der Waals surface area contributed by atoms with E-state index < -0.39 is 0 Å². The highest BCUT2D eigenvalue weighted by atomic mass is 16.5. The largest absolute Gasteiger partial charge is 0.382 e. The number of rotatable bonds is 3. The van der Waals surface area contributed by atoms with Crippen LogP contribution in [0.25, 0.3) is 11.2 Å². The predicted octanol–water partition coefficient (Wildman–Crippen LogP) is 0.509. The third-order valence-electron chi connectivity index (χ3n) is 2.07. The average Bonchev–Trinajstić information content (AvgIpc) is 2.26. The number of anilines is 2. The van der Waals surface area contributed by atoms with Crippen molar-refractivity contribution in [3.8, 4) is 0 Å². The van der Waals surface area contributed by atoms with E-state index in [0.717, 1.165) is 0 Å². The molecule has 0 saturated carbocycles. The number of ether oxygens (including phenoxy) is 1. The van der Waals surface area contributed by atoms with E-state index in [-0.39, 0.29) is 17.9 Å². The van der Waals surface area contributed by atoms with Crippen molar-refractivity contribution in [1.29, 1.82) is 0 Å². The molecule has 7 heteroatoms. The van der Waals surface area contributed by atoms with Gasteiger partial charge in [-0.2, -0.15) is 9.97 Å². The fourth-order valence-electron chi connectivity index (χ4n) is 1.30. The number of hydrogen-bond acceptors (Lipinski definition) is 7. The highest BCUT2D eigenvalue weighted by Gasteiger charge is 2.07. The number of nitrogens with two attached hydrogens (primary N) is 2. The van der Waals surface area contributed by atoms with Crippen molar-refractivity contribution in [2.45, 2.75) is 26.6 Å². The Morgan fingerprint density at radius 3 is 2.71 bits per heavy atom. The van der Waals surface area contributed by atoms with Gasteiger partial charge in [-0.05, 0) is 13.8 Å². The van der Waals surface area contributed by atoms with Crippen molar-refractivity contribution in [3.63, 3.8) is 0 Å². The lowest BCUT2D eigenvalue weighted by molar-refractivity contribution is 0.0636. The fraction of sp³-hybridized carbons (Fsp3) is 0.400. The maximum atomic E-state index is 5.71. The van der Waals surface area contributed by atoms with Gasteiger partial charge in [-0.3, -0.25) is 0 Å². The van der Waals surface area contributed by atoms with Gasteiger partial charge in [-0.25, -0.2) is 9.97 Å². The first-order valence-electron chi connectivity index (χ1n) is 5.22. The number of nitrogens with zero attached hydrogens (tertiary/aromatic N) is 4. The molecule has 2 rings (SSSR count). The molecule has 90 valence electrons. The zero-order chi connectivity index (χ0) is 12.4. The van der Waals surface area contributed by atoms with Crippen molar-refractivity contribution >= 4 is 22.9 Å². The molecular weight excluding hydrogens is 220 g/mol. The molecular formula is C10H14N6O. The van der Waals surface area contributed by atoms with Crippen LogP contribution in [0.3, 0.4) is 0 Å². The second-order valence-corrected chi connectivity index (χ2v) is 3.86. The van der Waals surface area contributed by atoms with Gasteiger partial charge >= 0.3 is 0 Å². The third kappa shape index (κ3) is 2.56. The van der Waals surface area contributed by atoms with E-state index in [1.807, 2.05) is 13.8 Å². The zero-order valence-corrected chi connectivity index (χ0v) is 9.71.